The molecule has 1 rings (SSSR count). The van der Waals surface area contributed by atoms with Crippen LogP contribution in [0.4, 0.5) is 57.1 Å². The molecule has 0 heterocycles. The van der Waals surface area contributed by atoms with Crippen LogP contribution in [-0.4, -0.2) is 53.5 Å². The number of alkyl halides is 13. The van der Waals surface area contributed by atoms with Crippen LogP contribution in [0.25, 0.3) is 0 Å². The van der Waals surface area contributed by atoms with Crippen LogP contribution in [0.5, 0.6) is 5.75 Å². The van der Waals surface area contributed by atoms with Crippen LogP contribution in [0.15, 0.2) is 24.3 Å². The molecule has 1 N–H and O–H groups in total. The maximum Gasteiger partial charge on any atom is 0.460 e. The normalized spacial score (nSPS) is 14.2. The van der Waals surface area contributed by atoms with Crippen molar-refractivity contribution in [1.29, 1.82) is 0 Å². The van der Waals surface area contributed by atoms with Gasteiger partial charge in [-0.25, -0.2) is 4.79 Å². The first kappa shape index (κ1) is 30.6. The zero-order valence-electron chi connectivity index (χ0n) is 17.2. The summed E-state index contributed by atoms with van der Waals surface area (Å²) in [5, 5.41) is 8.73. The first-order chi connectivity index (χ1) is 15.6. The summed E-state index contributed by atoms with van der Waals surface area (Å²) in [6, 6.07) is 5.02. The number of benzene rings is 1. The van der Waals surface area contributed by atoms with Gasteiger partial charge < -0.3 is 9.84 Å². The number of carbonyl (C=O) groups is 1. The molecule has 202 valence electrons. The monoisotopic (exact) mass is 540 g/mol. The number of halogens is 13. The molecule has 0 saturated carbocycles. The van der Waals surface area contributed by atoms with Crippen LogP contribution >= 0.6 is 0 Å². The van der Waals surface area contributed by atoms with Gasteiger partial charge in [0.25, 0.3) is 0 Å². The summed E-state index contributed by atoms with van der Waals surface area (Å²) in [5.41, 5.74) is -0.0412. The quantitative estimate of drug-likeness (QED) is 0.209. The number of hydrogen-bond acceptors (Lipinski definition) is 2. The predicted octanol–water partition coefficient (Wildman–Crippen LogP) is 7.45. The lowest BCUT2D eigenvalue weighted by Crippen LogP contribution is -2.70. The second-order valence-corrected chi connectivity index (χ2v) is 7.34. The molecule has 0 saturated heterocycles. The fourth-order valence-electron chi connectivity index (χ4n) is 2.65. The Morgan fingerprint density at radius 2 is 1.11 bits per heavy atom. The highest BCUT2D eigenvalue weighted by molar-refractivity contribution is 5.87. The van der Waals surface area contributed by atoms with E-state index in [1.807, 2.05) is 0 Å². The number of carboxylic acids is 1. The van der Waals surface area contributed by atoms with E-state index in [1.165, 1.54) is 24.3 Å². The highest BCUT2D eigenvalue weighted by Gasteiger charge is 2.90. The summed E-state index contributed by atoms with van der Waals surface area (Å²) in [6.07, 6.45) is -10.9. The van der Waals surface area contributed by atoms with E-state index in [1.54, 1.807) is 0 Å². The van der Waals surface area contributed by atoms with Gasteiger partial charge in [0.15, 0.2) is 0 Å². The van der Waals surface area contributed by atoms with Gasteiger partial charge in [0.05, 0.1) is 12.2 Å². The van der Waals surface area contributed by atoms with E-state index >= 15 is 0 Å². The van der Waals surface area contributed by atoms with Crippen molar-refractivity contribution in [2.45, 2.75) is 67.9 Å². The molecule has 0 radical (unpaired) electrons. The van der Waals surface area contributed by atoms with E-state index in [-0.39, 0.29) is 37.2 Å². The van der Waals surface area contributed by atoms with Crippen LogP contribution in [0.3, 0.4) is 0 Å². The summed E-state index contributed by atoms with van der Waals surface area (Å²) < 4.78 is 174. The second-order valence-electron chi connectivity index (χ2n) is 7.34. The van der Waals surface area contributed by atoms with Gasteiger partial charge in [0.2, 0.25) is 0 Å². The van der Waals surface area contributed by atoms with E-state index in [4.69, 9.17) is 9.84 Å². The molecule has 1 aromatic rings. The summed E-state index contributed by atoms with van der Waals surface area (Å²) in [4.78, 5) is 10.7. The summed E-state index contributed by atoms with van der Waals surface area (Å²) in [6.45, 7) is -0.0736. The van der Waals surface area contributed by atoms with Crippen molar-refractivity contribution in [3.63, 3.8) is 0 Å². The minimum Gasteiger partial charge on any atom is -0.494 e. The van der Waals surface area contributed by atoms with Gasteiger partial charge in [0, 0.05) is 6.42 Å². The molecule has 0 aromatic heterocycles. The Morgan fingerprint density at radius 3 is 1.57 bits per heavy atom. The van der Waals surface area contributed by atoms with Gasteiger partial charge in [-0.2, -0.15) is 57.1 Å². The zero-order chi connectivity index (χ0) is 27.5. The minimum absolute atomic E-state index is 0.0342. The fourth-order valence-corrected chi connectivity index (χ4v) is 2.65. The zero-order valence-corrected chi connectivity index (χ0v) is 17.2. The van der Waals surface area contributed by atoms with E-state index in [0.717, 1.165) is 0 Å². The van der Waals surface area contributed by atoms with Gasteiger partial charge in [-0.05, 0) is 37.1 Å². The van der Waals surface area contributed by atoms with Crippen molar-refractivity contribution in [1.82, 2.24) is 0 Å². The number of ether oxygens (including phenoxy) is 1. The lowest BCUT2D eigenvalue weighted by atomic mass is 9.91. The van der Waals surface area contributed by atoms with E-state index in [2.05, 4.69) is 0 Å². The summed E-state index contributed by atoms with van der Waals surface area (Å²) in [7, 11) is 0. The lowest BCUT2D eigenvalue weighted by molar-refractivity contribution is -0.440. The molecule has 35 heavy (non-hydrogen) atoms. The highest BCUT2D eigenvalue weighted by atomic mass is 19.4. The van der Waals surface area contributed by atoms with Gasteiger partial charge >= 0.3 is 41.8 Å². The molecule has 1 aromatic carbocycles. The van der Waals surface area contributed by atoms with Crippen molar-refractivity contribution in [2.75, 3.05) is 6.61 Å². The van der Waals surface area contributed by atoms with Crippen molar-refractivity contribution in [3.05, 3.63) is 29.8 Å². The standard InChI is InChI=1S/C19H17F13O3/c20-14(21,15(22,23)16(24,25)17(26,27)18(28,29)19(30,31)32)9-3-1-2-4-10-35-12-7-5-11(6-8-12)13(33)34/h5-8H,1-4,9-10H2,(H,33,34). The molecular formula is C19H17F13O3. The Hall–Kier alpha value is -2.42. The van der Waals surface area contributed by atoms with Gasteiger partial charge in [-0.15, -0.1) is 0 Å². The number of unbranched alkanes of at least 4 members (excludes halogenated alkanes) is 3. The number of aromatic carboxylic acids is 1. The lowest BCUT2D eigenvalue weighted by Gasteiger charge is -2.39. The SMILES string of the molecule is O=C(O)c1ccc(OCCCCCCC(F)(F)C(F)(F)C(F)(F)C(F)(F)C(F)(F)C(F)(F)F)cc1. The Labute approximate surface area is 188 Å². The Morgan fingerprint density at radius 1 is 0.657 bits per heavy atom. The molecule has 0 amide bonds. The largest absolute Gasteiger partial charge is 0.494 e. The highest BCUT2D eigenvalue weighted by Crippen LogP contribution is 2.60. The van der Waals surface area contributed by atoms with Crippen LogP contribution in [0.2, 0.25) is 0 Å². The maximum atomic E-state index is 13.6. The molecule has 3 nitrogen and oxygen atoms in total. The molecule has 16 heteroatoms. The number of rotatable bonds is 13. The van der Waals surface area contributed by atoms with Crippen molar-refractivity contribution < 1.29 is 71.7 Å². The van der Waals surface area contributed by atoms with Gasteiger partial charge in [0.1, 0.15) is 5.75 Å². The third-order valence-electron chi connectivity index (χ3n) is 4.75. The van der Waals surface area contributed by atoms with E-state index in [0.29, 0.717) is 0 Å². The first-order valence-corrected chi connectivity index (χ1v) is 9.55. The molecule has 0 fully saturated rings. The van der Waals surface area contributed by atoms with Crippen LogP contribution < -0.4 is 4.74 Å². The predicted molar refractivity (Wildman–Crippen MR) is 92.8 cm³/mol. The molecule has 0 atom stereocenters. The topological polar surface area (TPSA) is 46.5 Å². The Bertz CT molecular complexity index is 849. The van der Waals surface area contributed by atoms with Crippen LogP contribution in [0, 0.1) is 0 Å². The number of hydrogen-bond donors (Lipinski definition) is 1. The molecule has 0 spiro atoms. The average Bonchev–Trinajstić information content (AvgIpc) is 2.71. The Kier molecular flexibility index (Phi) is 9.00. The minimum atomic E-state index is -7.88. The first-order valence-electron chi connectivity index (χ1n) is 9.55. The average molecular weight is 540 g/mol. The second kappa shape index (κ2) is 10.3. The summed E-state index contributed by atoms with van der Waals surface area (Å²) in [5.74, 6) is -37.6. The van der Waals surface area contributed by atoms with Crippen LogP contribution in [-0.2, 0) is 0 Å². The third kappa shape index (κ3) is 6.05. The van der Waals surface area contributed by atoms with Crippen molar-refractivity contribution >= 4 is 5.97 Å². The van der Waals surface area contributed by atoms with E-state index in [9.17, 15) is 61.9 Å². The third-order valence-corrected chi connectivity index (χ3v) is 4.75. The van der Waals surface area contributed by atoms with E-state index < -0.39 is 54.6 Å². The van der Waals surface area contributed by atoms with Crippen molar-refractivity contribution in [2.24, 2.45) is 0 Å². The molecular weight excluding hydrogens is 523 g/mol. The molecule has 0 bridgehead atoms. The van der Waals surface area contributed by atoms with Gasteiger partial charge in [-0.1, -0.05) is 12.8 Å². The summed E-state index contributed by atoms with van der Waals surface area (Å²) >= 11 is 0. The van der Waals surface area contributed by atoms with Crippen LogP contribution in [0.1, 0.15) is 42.5 Å². The maximum absolute atomic E-state index is 13.6. The van der Waals surface area contributed by atoms with Crippen molar-refractivity contribution in [3.8, 4) is 5.75 Å². The Balaban J connectivity index is 2.66. The van der Waals surface area contributed by atoms with Gasteiger partial charge in [-0.3, -0.25) is 0 Å². The number of carboxylic acid groups (broad SMARTS) is 1. The molecule has 0 aliphatic heterocycles. The molecule has 0 unspecified atom stereocenters. The fraction of sp³-hybridized carbons (Fsp3) is 0.632. The molecule has 0 aliphatic carbocycles. The molecule has 0 aliphatic rings. The smallest absolute Gasteiger partial charge is 0.460 e.